The Morgan fingerprint density at radius 3 is 2.45 bits per heavy atom. The Morgan fingerprint density at radius 1 is 1.25 bits per heavy atom. The first-order chi connectivity index (χ1) is 9.38. The highest BCUT2D eigenvalue weighted by Crippen LogP contribution is 2.36. The highest BCUT2D eigenvalue weighted by molar-refractivity contribution is 5.30. The van der Waals surface area contributed by atoms with Gasteiger partial charge in [0.05, 0.1) is 17.0 Å². The molecular formula is C14H14F4N2. The second-order valence-corrected chi connectivity index (χ2v) is 5.10. The van der Waals surface area contributed by atoms with Gasteiger partial charge in [0.15, 0.2) is 0 Å². The average Bonchev–Trinajstić information content (AvgIpc) is 2.41. The Balaban J connectivity index is 2.32. The number of hydrogen-bond donors (Lipinski definition) is 1. The molecule has 0 saturated carbocycles. The number of nitrogens with one attached hydrogen (secondary N) is 1. The molecule has 108 valence electrons. The molecule has 2 rings (SSSR count). The summed E-state index contributed by atoms with van der Waals surface area (Å²) in [5.74, 6) is -1.26. The number of alkyl halides is 3. The van der Waals surface area contributed by atoms with Crippen LogP contribution in [0.5, 0.6) is 0 Å². The zero-order valence-corrected chi connectivity index (χ0v) is 10.7. The third kappa shape index (κ3) is 2.93. The highest BCUT2D eigenvalue weighted by Gasteiger charge is 2.37. The summed E-state index contributed by atoms with van der Waals surface area (Å²) in [6, 6.07) is 5.40. The van der Waals surface area contributed by atoms with Gasteiger partial charge in [0.2, 0.25) is 0 Å². The van der Waals surface area contributed by atoms with E-state index in [0.717, 1.165) is 6.07 Å². The zero-order chi connectivity index (χ0) is 14.8. The molecular weight excluding hydrogens is 272 g/mol. The van der Waals surface area contributed by atoms with Crippen molar-refractivity contribution in [3.05, 3.63) is 35.1 Å². The van der Waals surface area contributed by atoms with Crippen LogP contribution in [-0.4, -0.2) is 13.1 Å². The second kappa shape index (κ2) is 5.41. The summed E-state index contributed by atoms with van der Waals surface area (Å²) < 4.78 is 52.0. The normalized spacial score (nSPS) is 18.6. The van der Waals surface area contributed by atoms with Gasteiger partial charge in [-0.1, -0.05) is 12.1 Å². The number of nitrogens with zero attached hydrogens (tertiary/aromatic N) is 1. The van der Waals surface area contributed by atoms with E-state index in [2.05, 4.69) is 11.4 Å². The van der Waals surface area contributed by atoms with Crippen molar-refractivity contribution in [2.24, 2.45) is 5.41 Å². The third-order valence-electron chi connectivity index (χ3n) is 3.71. The van der Waals surface area contributed by atoms with Crippen molar-refractivity contribution >= 4 is 0 Å². The Labute approximate surface area is 114 Å². The van der Waals surface area contributed by atoms with Crippen LogP contribution in [0.3, 0.4) is 0 Å². The molecule has 0 spiro atoms. The molecule has 0 atom stereocenters. The molecule has 1 aromatic rings. The van der Waals surface area contributed by atoms with Crippen LogP contribution in [0.15, 0.2) is 18.2 Å². The van der Waals surface area contributed by atoms with E-state index in [-0.39, 0.29) is 12.0 Å². The van der Waals surface area contributed by atoms with Gasteiger partial charge in [0, 0.05) is 0 Å². The SMILES string of the molecule is N#CC1(Cc2cccc(C(F)(F)F)c2F)CCNCC1. The standard InChI is InChI=1S/C14H14F4N2/c15-12-10(2-1-3-11(12)14(16,17)18)8-13(9-19)4-6-20-7-5-13/h1-3,20H,4-8H2. The number of rotatable bonds is 2. The van der Waals surface area contributed by atoms with E-state index >= 15 is 0 Å². The van der Waals surface area contributed by atoms with Crippen LogP contribution in [0.25, 0.3) is 0 Å². The van der Waals surface area contributed by atoms with Gasteiger partial charge in [0.1, 0.15) is 5.82 Å². The van der Waals surface area contributed by atoms with E-state index in [9.17, 15) is 22.8 Å². The highest BCUT2D eigenvalue weighted by atomic mass is 19.4. The Hall–Kier alpha value is -1.61. The molecule has 1 aliphatic heterocycles. The lowest BCUT2D eigenvalue weighted by atomic mass is 9.75. The predicted molar refractivity (Wildman–Crippen MR) is 65.3 cm³/mol. The van der Waals surface area contributed by atoms with Crippen molar-refractivity contribution in [3.63, 3.8) is 0 Å². The van der Waals surface area contributed by atoms with Gasteiger partial charge in [-0.3, -0.25) is 0 Å². The van der Waals surface area contributed by atoms with Crippen molar-refractivity contribution in [2.45, 2.75) is 25.4 Å². The van der Waals surface area contributed by atoms with Crippen molar-refractivity contribution < 1.29 is 17.6 Å². The van der Waals surface area contributed by atoms with Crippen LogP contribution >= 0.6 is 0 Å². The molecule has 1 heterocycles. The predicted octanol–water partition coefficient (Wildman–Crippen LogP) is 3.28. The summed E-state index contributed by atoms with van der Waals surface area (Å²) in [5, 5.41) is 12.4. The minimum Gasteiger partial charge on any atom is -0.317 e. The lowest BCUT2D eigenvalue weighted by molar-refractivity contribution is -0.140. The lowest BCUT2D eigenvalue weighted by Crippen LogP contribution is -2.37. The maximum atomic E-state index is 14.0. The van der Waals surface area contributed by atoms with Gasteiger partial charge >= 0.3 is 6.18 Å². The molecule has 0 amide bonds. The summed E-state index contributed by atoms with van der Waals surface area (Å²) in [6.07, 6.45) is -3.67. The molecule has 0 bridgehead atoms. The summed E-state index contributed by atoms with van der Waals surface area (Å²) in [5.41, 5.74) is -2.09. The van der Waals surface area contributed by atoms with E-state index < -0.39 is 23.0 Å². The van der Waals surface area contributed by atoms with Gasteiger partial charge in [-0.05, 0) is 44.0 Å². The van der Waals surface area contributed by atoms with E-state index in [0.29, 0.717) is 25.9 Å². The van der Waals surface area contributed by atoms with E-state index in [1.54, 1.807) is 0 Å². The van der Waals surface area contributed by atoms with Crippen LogP contribution in [0.1, 0.15) is 24.0 Å². The molecule has 1 fully saturated rings. The fraction of sp³-hybridized carbons (Fsp3) is 0.500. The van der Waals surface area contributed by atoms with Crippen LogP contribution in [0.2, 0.25) is 0 Å². The monoisotopic (exact) mass is 286 g/mol. The van der Waals surface area contributed by atoms with Crippen molar-refractivity contribution in [2.75, 3.05) is 13.1 Å². The third-order valence-corrected chi connectivity index (χ3v) is 3.71. The number of benzene rings is 1. The number of piperidine rings is 1. The van der Waals surface area contributed by atoms with Gasteiger partial charge in [-0.2, -0.15) is 18.4 Å². The maximum Gasteiger partial charge on any atom is 0.419 e. The second-order valence-electron chi connectivity index (χ2n) is 5.10. The van der Waals surface area contributed by atoms with Crippen molar-refractivity contribution in [1.29, 1.82) is 5.26 Å². The molecule has 1 aromatic carbocycles. The van der Waals surface area contributed by atoms with Crippen molar-refractivity contribution in [1.82, 2.24) is 5.32 Å². The quantitative estimate of drug-likeness (QED) is 0.847. The van der Waals surface area contributed by atoms with Gasteiger partial charge < -0.3 is 5.32 Å². The molecule has 0 radical (unpaired) electrons. The molecule has 0 unspecified atom stereocenters. The summed E-state index contributed by atoms with van der Waals surface area (Å²) in [4.78, 5) is 0. The molecule has 1 N–H and O–H groups in total. The number of nitriles is 1. The fourth-order valence-electron chi connectivity index (χ4n) is 2.53. The molecule has 20 heavy (non-hydrogen) atoms. The summed E-state index contributed by atoms with van der Waals surface area (Å²) in [7, 11) is 0. The van der Waals surface area contributed by atoms with Crippen LogP contribution in [0, 0.1) is 22.6 Å². The van der Waals surface area contributed by atoms with Gasteiger partial charge in [-0.25, -0.2) is 4.39 Å². The van der Waals surface area contributed by atoms with Crippen LogP contribution in [-0.2, 0) is 12.6 Å². The van der Waals surface area contributed by atoms with Gasteiger partial charge in [-0.15, -0.1) is 0 Å². The van der Waals surface area contributed by atoms with Gasteiger partial charge in [0.25, 0.3) is 0 Å². The smallest absolute Gasteiger partial charge is 0.317 e. The van der Waals surface area contributed by atoms with E-state index in [1.807, 2.05) is 0 Å². The Kier molecular flexibility index (Phi) is 4.00. The first-order valence-electron chi connectivity index (χ1n) is 6.34. The average molecular weight is 286 g/mol. The van der Waals surface area contributed by atoms with Crippen LogP contribution < -0.4 is 5.32 Å². The maximum absolute atomic E-state index is 14.0. The Bertz CT molecular complexity index is 525. The minimum atomic E-state index is -4.71. The first-order valence-corrected chi connectivity index (χ1v) is 6.34. The molecule has 1 aliphatic rings. The van der Waals surface area contributed by atoms with E-state index in [4.69, 9.17) is 0 Å². The lowest BCUT2D eigenvalue weighted by Gasteiger charge is -2.31. The summed E-state index contributed by atoms with van der Waals surface area (Å²) in [6.45, 7) is 1.24. The molecule has 0 aromatic heterocycles. The largest absolute Gasteiger partial charge is 0.419 e. The molecule has 1 saturated heterocycles. The van der Waals surface area contributed by atoms with Crippen LogP contribution in [0.4, 0.5) is 17.6 Å². The summed E-state index contributed by atoms with van der Waals surface area (Å²) >= 11 is 0. The zero-order valence-electron chi connectivity index (χ0n) is 10.7. The first kappa shape index (κ1) is 14.8. The van der Waals surface area contributed by atoms with Crippen molar-refractivity contribution in [3.8, 4) is 6.07 Å². The molecule has 0 aliphatic carbocycles. The Morgan fingerprint density at radius 2 is 1.90 bits per heavy atom. The topological polar surface area (TPSA) is 35.8 Å². The fourth-order valence-corrected chi connectivity index (χ4v) is 2.53. The molecule has 6 heteroatoms. The number of hydrogen-bond acceptors (Lipinski definition) is 2. The molecule has 2 nitrogen and oxygen atoms in total. The minimum absolute atomic E-state index is 0.0148. The number of halogens is 4. The van der Waals surface area contributed by atoms with E-state index in [1.165, 1.54) is 12.1 Å².